The van der Waals surface area contributed by atoms with Gasteiger partial charge in [0.05, 0.1) is 6.04 Å². The molecule has 0 aliphatic rings. The molecule has 112 valence electrons. The van der Waals surface area contributed by atoms with Gasteiger partial charge < -0.3 is 20.3 Å². The molecule has 1 heterocycles. The molecule has 1 unspecified atom stereocenters. The second kappa shape index (κ2) is 6.26. The van der Waals surface area contributed by atoms with Crippen LogP contribution in [-0.4, -0.2) is 51.2 Å². The number of hydrogen-bond acceptors (Lipinski definition) is 3. The molecule has 0 saturated heterocycles. The summed E-state index contributed by atoms with van der Waals surface area (Å²) in [5, 5.41) is 10.8. The Labute approximate surface area is 111 Å². The number of amides is 2. The molecular formula is C10H13F3N4O3. The molecule has 0 bridgehead atoms. The first-order chi connectivity index (χ1) is 9.19. The van der Waals surface area contributed by atoms with Crippen LogP contribution in [0.3, 0.4) is 0 Å². The number of aromatic nitrogens is 2. The van der Waals surface area contributed by atoms with Crippen molar-refractivity contribution < 1.29 is 27.9 Å². The van der Waals surface area contributed by atoms with Crippen LogP contribution in [0.2, 0.25) is 0 Å². The van der Waals surface area contributed by atoms with Crippen molar-refractivity contribution >= 4 is 12.0 Å². The van der Waals surface area contributed by atoms with E-state index in [0.29, 0.717) is 5.82 Å². The Balaban J connectivity index is 2.70. The number of nitrogens with zero attached hydrogens (tertiary/aromatic N) is 2. The van der Waals surface area contributed by atoms with Crippen molar-refractivity contribution in [3.8, 4) is 0 Å². The lowest BCUT2D eigenvalue weighted by Gasteiger charge is -2.24. The van der Waals surface area contributed by atoms with Gasteiger partial charge in [-0.2, -0.15) is 13.2 Å². The monoisotopic (exact) mass is 294 g/mol. The number of urea groups is 1. The normalized spacial score (nSPS) is 12.8. The highest BCUT2D eigenvalue weighted by molar-refractivity contribution is 5.80. The van der Waals surface area contributed by atoms with Crippen molar-refractivity contribution in [2.24, 2.45) is 0 Å². The average molecular weight is 294 g/mol. The van der Waals surface area contributed by atoms with Crippen LogP contribution in [0.4, 0.5) is 18.0 Å². The first kappa shape index (κ1) is 15.8. The first-order valence-electron chi connectivity index (χ1n) is 5.52. The number of rotatable bonds is 5. The van der Waals surface area contributed by atoms with Gasteiger partial charge in [0, 0.05) is 12.4 Å². The summed E-state index contributed by atoms with van der Waals surface area (Å²) >= 11 is 0. The Bertz CT molecular complexity index is 461. The number of nitrogens with one attached hydrogen (secondary N) is 2. The first-order valence-corrected chi connectivity index (χ1v) is 5.52. The molecular weight excluding hydrogens is 281 g/mol. The van der Waals surface area contributed by atoms with E-state index >= 15 is 0 Å². The number of imidazole rings is 1. The van der Waals surface area contributed by atoms with Gasteiger partial charge in [-0.25, -0.2) is 9.78 Å². The van der Waals surface area contributed by atoms with Crippen molar-refractivity contribution in [1.29, 1.82) is 0 Å². The number of carboxylic acids is 1. The maximum atomic E-state index is 12.3. The molecule has 1 aromatic rings. The lowest BCUT2D eigenvalue weighted by Crippen LogP contribution is -2.47. The Morgan fingerprint density at radius 2 is 2.20 bits per heavy atom. The number of carbonyl (C=O) groups is 2. The summed E-state index contributed by atoms with van der Waals surface area (Å²) in [5.74, 6) is -1.18. The Hall–Kier alpha value is -2.26. The zero-order valence-corrected chi connectivity index (χ0v) is 10.4. The largest absolute Gasteiger partial charge is 0.480 e. The molecule has 1 atom stereocenters. The lowest BCUT2D eigenvalue weighted by atomic mass is 10.3. The van der Waals surface area contributed by atoms with Crippen molar-refractivity contribution in [2.45, 2.75) is 19.1 Å². The van der Waals surface area contributed by atoms with E-state index in [1.54, 1.807) is 0 Å². The second-order valence-electron chi connectivity index (χ2n) is 4.01. The van der Waals surface area contributed by atoms with Gasteiger partial charge in [0.15, 0.2) is 0 Å². The van der Waals surface area contributed by atoms with E-state index in [9.17, 15) is 22.8 Å². The van der Waals surface area contributed by atoms with Gasteiger partial charge >= 0.3 is 18.2 Å². The predicted molar refractivity (Wildman–Crippen MR) is 60.8 cm³/mol. The number of aliphatic carboxylic acids is 1. The third kappa shape index (κ3) is 5.16. The van der Waals surface area contributed by atoms with E-state index in [1.165, 1.54) is 19.3 Å². The fraction of sp³-hybridized carbons (Fsp3) is 0.500. The molecule has 0 radical (unpaired) electrons. The molecule has 0 aliphatic carbocycles. The summed E-state index contributed by atoms with van der Waals surface area (Å²) < 4.78 is 36.9. The molecule has 0 saturated carbocycles. The van der Waals surface area contributed by atoms with Gasteiger partial charge in [0.25, 0.3) is 0 Å². The number of hydrogen-bond donors (Lipinski definition) is 3. The molecule has 1 rings (SSSR count). The standard InChI is InChI=1S/C10H13F3N4O3/c1-6(8-14-2-3-15-8)16-9(20)17(4-7(18)19)5-10(11,12)13/h2-3,6H,4-5H2,1H3,(H,14,15)(H,16,20)(H,18,19). The van der Waals surface area contributed by atoms with Gasteiger partial charge in [-0.3, -0.25) is 4.79 Å². The highest BCUT2D eigenvalue weighted by Crippen LogP contribution is 2.17. The summed E-state index contributed by atoms with van der Waals surface area (Å²) in [6, 6.07) is -1.81. The van der Waals surface area contributed by atoms with E-state index in [-0.39, 0.29) is 4.90 Å². The maximum absolute atomic E-state index is 12.3. The fourth-order valence-corrected chi connectivity index (χ4v) is 1.44. The van der Waals surface area contributed by atoms with E-state index in [4.69, 9.17) is 5.11 Å². The van der Waals surface area contributed by atoms with Crippen molar-refractivity contribution in [3.05, 3.63) is 18.2 Å². The zero-order chi connectivity index (χ0) is 15.3. The summed E-state index contributed by atoms with van der Waals surface area (Å²) in [6.45, 7) is -1.19. The van der Waals surface area contributed by atoms with Crippen molar-refractivity contribution in [2.75, 3.05) is 13.1 Å². The van der Waals surface area contributed by atoms with Crippen LogP contribution in [-0.2, 0) is 4.79 Å². The molecule has 0 aliphatic heterocycles. The van der Waals surface area contributed by atoms with Gasteiger partial charge in [0.2, 0.25) is 0 Å². The number of carboxylic acid groups (broad SMARTS) is 1. The highest BCUT2D eigenvalue weighted by atomic mass is 19.4. The smallest absolute Gasteiger partial charge is 0.406 e. The minimum absolute atomic E-state index is 0.168. The van der Waals surface area contributed by atoms with Crippen LogP contribution < -0.4 is 5.32 Å². The zero-order valence-electron chi connectivity index (χ0n) is 10.4. The summed E-state index contributed by atoms with van der Waals surface area (Å²) in [6.07, 6.45) is -1.77. The molecule has 0 fully saturated rings. The maximum Gasteiger partial charge on any atom is 0.406 e. The van der Waals surface area contributed by atoms with Crippen molar-refractivity contribution in [1.82, 2.24) is 20.2 Å². The summed E-state index contributed by atoms with van der Waals surface area (Å²) in [7, 11) is 0. The summed E-state index contributed by atoms with van der Waals surface area (Å²) in [4.78, 5) is 28.9. The second-order valence-corrected chi connectivity index (χ2v) is 4.01. The summed E-state index contributed by atoms with van der Waals surface area (Å²) in [5.41, 5.74) is 0. The predicted octanol–water partition coefficient (Wildman–Crippen LogP) is 1.13. The molecule has 0 aromatic carbocycles. The van der Waals surface area contributed by atoms with Gasteiger partial charge in [-0.05, 0) is 6.92 Å². The van der Waals surface area contributed by atoms with Crippen molar-refractivity contribution in [3.63, 3.8) is 0 Å². The van der Waals surface area contributed by atoms with Crippen LogP contribution >= 0.6 is 0 Å². The Kier molecular flexibility index (Phi) is 4.94. The third-order valence-corrected chi connectivity index (χ3v) is 2.25. The van der Waals surface area contributed by atoms with Gasteiger partial charge in [-0.15, -0.1) is 0 Å². The van der Waals surface area contributed by atoms with E-state index in [2.05, 4.69) is 15.3 Å². The fourth-order valence-electron chi connectivity index (χ4n) is 1.44. The van der Waals surface area contributed by atoms with E-state index in [1.807, 2.05) is 0 Å². The van der Waals surface area contributed by atoms with Crippen LogP contribution in [0.5, 0.6) is 0 Å². The topological polar surface area (TPSA) is 98.3 Å². The van der Waals surface area contributed by atoms with Gasteiger partial charge in [-0.1, -0.05) is 0 Å². The Morgan fingerprint density at radius 3 is 2.65 bits per heavy atom. The molecule has 10 heteroatoms. The highest BCUT2D eigenvalue weighted by Gasteiger charge is 2.34. The number of aromatic amines is 1. The molecule has 0 spiro atoms. The molecule has 2 amide bonds. The molecule has 3 N–H and O–H groups in total. The number of H-pyrrole nitrogens is 1. The number of halogens is 3. The van der Waals surface area contributed by atoms with Gasteiger partial charge in [0.1, 0.15) is 18.9 Å². The SMILES string of the molecule is CC(NC(=O)N(CC(=O)O)CC(F)(F)F)c1ncc[nH]1. The van der Waals surface area contributed by atoms with Crippen LogP contribution in [0, 0.1) is 0 Å². The van der Waals surface area contributed by atoms with Crippen LogP contribution in [0.15, 0.2) is 12.4 Å². The number of alkyl halides is 3. The molecule has 7 nitrogen and oxygen atoms in total. The average Bonchev–Trinajstić information content (AvgIpc) is 2.78. The molecule has 1 aromatic heterocycles. The van der Waals surface area contributed by atoms with E-state index < -0.39 is 37.3 Å². The Morgan fingerprint density at radius 1 is 1.55 bits per heavy atom. The molecule has 20 heavy (non-hydrogen) atoms. The lowest BCUT2D eigenvalue weighted by molar-refractivity contribution is -0.149. The number of carbonyl (C=O) groups excluding carboxylic acids is 1. The van der Waals surface area contributed by atoms with E-state index in [0.717, 1.165) is 0 Å². The minimum atomic E-state index is -4.68. The van der Waals surface area contributed by atoms with Crippen LogP contribution in [0.1, 0.15) is 18.8 Å². The quantitative estimate of drug-likeness (QED) is 0.758. The minimum Gasteiger partial charge on any atom is -0.480 e. The van der Waals surface area contributed by atoms with Crippen LogP contribution in [0.25, 0.3) is 0 Å². The third-order valence-electron chi connectivity index (χ3n) is 2.25.